The second kappa shape index (κ2) is 4.68. The van der Waals surface area contributed by atoms with Crippen LogP contribution < -0.4 is 11.3 Å². The van der Waals surface area contributed by atoms with Crippen LogP contribution >= 0.6 is 0 Å². The zero-order valence-corrected chi connectivity index (χ0v) is 6.57. The highest BCUT2D eigenvalue weighted by atomic mass is 32.2. The Morgan fingerprint density at radius 2 is 1.31 bits per heavy atom. The number of carbonyl (C=O) groups excluding carboxylic acids is 2. The Balaban J connectivity index is 4.57. The van der Waals surface area contributed by atoms with E-state index in [-0.39, 0.29) is 0 Å². The molecule has 0 aliphatic heterocycles. The SMILES string of the molecule is O=C(ONO)S(=O)(=O)C(=O)ONO. The summed E-state index contributed by atoms with van der Waals surface area (Å²) < 4.78 is 21.1. The minimum Gasteiger partial charge on any atom is -0.332 e. The van der Waals surface area contributed by atoms with Gasteiger partial charge in [0.15, 0.2) is 0 Å². The first-order valence-electron chi connectivity index (χ1n) is 2.41. The molecule has 0 heterocycles. The Bertz CT molecular complexity index is 269. The summed E-state index contributed by atoms with van der Waals surface area (Å²) >= 11 is 0. The van der Waals surface area contributed by atoms with Crippen molar-refractivity contribution >= 4 is 20.4 Å². The Kier molecular flexibility index (Phi) is 4.22. The lowest BCUT2D eigenvalue weighted by Crippen LogP contribution is -2.31. The lowest BCUT2D eigenvalue weighted by Gasteiger charge is -2.00. The van der Waals surface area contributed by atoms with Crippen molar-refractivity contribution in [1.29, 1.82) is 0 Å². The molecule has 0 aromatic carbocycles. The van der Waals surface area contributed by atoms with Crippen molar-refractivity contribution in [3.63, 3.8) is 0 Å². The van der Waals surface area contributed by atoms with Crippen LogP contribution in [0.2, 0.25) is 0 Å². The first kappa shape index (κ1) is 11.7. The van der Waals surface area contributed by atoms with Crippen LogP contribution in [0.3, 0.4) is 0 Å². The highest BCUT2D eigenvalue weighted by Crippen LogP contribution is 1.98. The molecule has 0 saturated heterocycles. The molecule has 0 atom stereocenters. The zero-order valence-electron chi connectivity index (χ0n) is 5.75. The summed E-state index contributed by atoms with van der Waals surface area (Å²) in [5.41, 5.74) is 1.50. The Morgan fingerprint density at radius 3 is 1.54 bits per heavy atom. The Hall–Kier alpha value is -1.27. The maximum Gasteiger partial charge on any atom is 0.456 e. The van der Waals surface area contributed by atoms with Gasteiger partial charge in [0, 0.05) is 0 Å². The van der Waals surface area contributed by atoms with Gasteiger partial charge in [-0.3, -0.25) is 10.4 Å². The van der Waals surface area contributed by atoms with Gasteiger partial charge in [0.25, 0.3) is 0 Å². The first-order valence-corrected chi connectivity index (χ1v) is 3.90. The second-order valence-corrected chi connectivity index (χ2v) is 3.06. The average Bonchev–Trinajstić information content (AvgIpc) is 2.05. The van der Waals surface area contributed by atoms with Crippen molar-refractivity contribution < 1.29 is 38.1 Å². The van der Waals surface area contributed by atoms with Crippen LogP contribution in [-0.4, -0.2) is 29.4 Å². The lowest BCUT2D eigenvalue weighted by atomic mass is 11.6. The van der Waals surface area contributed by atoms with Gasteiger partial charge in [-0.2, -0.15) is 0 Å². The summed E-state index contributed by atoms with van der Waals surface area (Å²) in [5.74, 6) is 0. The van der Waals surface area contributed by atoms with E-state index >= 15 is 0 Å². The minimum atomic E-state index is -5.03. The third-order valence-electron chi connectivity index (χ3n) is 0.697. The van der Waals surface area contributed by atoms with Crippen LogP contribution in [0.25, 0.3) is 0 Å². The van der Waals surface area contributed by atoms with E-state index in [9.17, 15) is 18.0 Å². The number of carbonyl (C=O) groups is 2. The summed E-state index contributed by atoms with van der Waals surface area (Å²) in [6.45, 7) is 0. The van der Waals surface area contributed by atoms with Crippen molar-refractivity contribution in [1.82, 2.24) is 11.3 Å². The Morgan fingerprint density at radius 1 is 1.00 bits per heavy atom. The predicted octanol–water partition coefficient (Wildman–Crippen LogP) is -1.54. The van der Waals surface area contributed by atoms with Crippen LogP contribution in [0, 0.1) is 0 Å². The summed E-state index contributed by atoms with van der Waals surface area (Å²) in [6.07, 6.45) is 0. The van der Waals surface area contributed by atoms with Gasteiger partial charge in [0.05, 0.1) is 0 Å². The molecule has 0 rings (SSSR count). The number of hydrogen-bond donors (Lipinski definition) is 4. The fourth-order valence-corrected chi connectivity index (χ4v) is 0.682. The largest absolute Gasteiger partial charge is 0.456 e. The van der Waals surface area contributed by atoms with E-state index in [2.05, 4.69) is 9.68 Å². The maximum absolute atomic E-state index is 10.6. The van der Waals surface area contributed by atoms with Crippen LogP contribution in [0.1, 0.15) is 0 Å². The van der Waals surface area contributed by atoms with Crippen molar-refractivity contribution in [3.05, 3.63) is 0 Å². The molecule has 0 aliphatic carbocycles. The molecule has 0 aliphatic rings. The van der Waals surface area contributed by atoms with Gasteiger partial charge < -0.3 is 9.68 Å². The second-order valence-electron chi connectivity index (χ2n) is 1.39. The smallest absolute Gasteiger partial charge is 0.332 e. The number of rotatable bonds is 2. The van der Waals surface area contributed by atoms with E-state index in [0.717, 1.165) is 11.3 Å². The number of hydrogen-bond acceptors (Lipinski definition) is 10. The maximum atomic E-state index is 10.6. The van der Waals surface area contributed by atoms with E-state index in [1.165, 1.54) is 0 Å². The molecule has 11 heteroatoms. The number of sulfone groups is 1. The standard InChI is InChI=1S/C2H4N2O8S/c5-1(11-3-7)13(9,10)2(6)12-4-8/h3-4,7-8H. The fraction of sp³-hybridized carbons (Fsp3) is 0. The van der Waals surface area contributed by atoms with Crippen LogP contribution in [0.15, 0.2) is 0 Å². The zero-order chi connectivity index (χ0) is 10.5. The quantitative estimate of drug-likeness (QED) is 0.399. The molecule has 76 valence electrons. The van der Waals surface area contributed by atoms with Gasteiger partial charge in [-0.15, -0.1) is 0 Å². The van der Waals surface area contributed by atoms with Gasteiger partial charge in [0.1, 0.15) is 0 Å². The molecule has 0 radical (unpaired) electrons. The summed E-state index contributed by atoms with van der Waals surface area (Å²) in [6, 6.07) is 0. The summed E-state index contributed by atoms with van der Waals surface area (Å²) in [5, 5.41) is 11.3. The molecule has 0 spiro atoms. The molecule has 0 unspecified atom stereocenters. The number of nitrogens with one attached hydrogen (secondary N) is 2. The fourth-order valence-electron chi connectivity index (χ4n) is 0.252. The average molecular weight is 216 g/mol. The Labute approximate surface area is 70.8 Å². The third-order valence-corrected chi connectivity index (χ3v) is 1.74. The van der Waals surface area contributed by atoms with Crippen molar-refractivity contribution in [2.24, 2.45) is 0 Å². The molecule has 0 aromatic rings. The van der Waals surface area contributed by atoms with Gasteiger partial charge in [-0.25, -0.2) is 18.0 Å². The minimum absolute atomic E-state index is 0.751. The van der Waals surface area contributed by atoms with E-state index in [1.807, 2.05) is 0 Å². The van der Waals surface area contributed by atoms with E-state index in [0.29, 0.717) is 0 Å². The molecule has 0 amide bonds. The monoisotopic (exact) mass is 216 g/mol. The summed E-state index contributed by atoms with van der Waals surface area (Å²) in [4.78, 5) is 27.4. The lowest BCUT2D eigenvalue weighted by molar-refractivity contribution is -0.0709. The molecule has 13 heavy (non-hydrogen) atoms. The summed E-state index contributed by atoms with van der Waals surface area (Å²) in [7, 11) is -5.03. The van der Waals surface area contributed by atoms with E-state index < -0.39 is 20.4 Å². The molecule has 0 bridgehead atoms. The van der Waals surface area contributed by atoms with Crippen molar-refractivity contribution in [2.45, 2.75) is 0 Å². The first-order chi connectivity index (χ1) is 5.96. The molecule has 10 nitrogen and oxygen atoms in total. The van der Waals surface area contributed by atoms with Gasteiger partial charge in [-0.1, -0.05) is 0 Å². The topological polar surface area (TPSA) is 151 Å². The molecule has 0 saturated carbocycles. The van der Waals surface area contributed by atoms with Crippen LogP contribution in [-0.2, 0) is 19.5 Å². The van der Waals surface area contributed by atoms with Gasteiger partial charge in [0.2, 0.25) is 0 Å². The highest BCUT2D eigenvalue weighted by molar-refractivity contribution is 8.18. The van der Waals surface area contributed by atoms with Crippen molar-refractivity contribution in [3.8, 4) is 0 Å². The predicted molar refractivity (Wildman–Crippen MR) is 31.7 cm³/mol. The molecular formula is C2H4N2O8S. The van der Waals surface area contributed by atoms with Gasteiger partial charge in [-0.05, 0) is 11.3 Å². The van der Waals surface area contributed by atoms with E-state index in [1.54, 1.807) is 0 Å². The normalized spacial score (nSPS) is 10.6. The van der Waals surface area contributed by atoms with E-state index in [4.69, 9.17) is 10.4 Å². The van der Waals surface area contributed by atoms with Crippen molar-refractivity contribution in [2.75, 3.05) is 0 Å². The van der Waals surface area contributed by atoms with Crippen LogP contribution in [0.4, 0.5) is 9.59 Å². The third kappa shape index (κ3) is 2.92. The van der Waals surface area contributed by atoms with Gasteiger partial charge >= 0.3 is 20.4 Å². The molecular weight excluding hydrogens is 212 g/mol. The highest BCUT2D eigenvalue weighted by Gasteiger charge is 2.36. The molecule has 4 N–H and O–H groups in total. The van der Waals surface area contributed by atoms with Crippen LogP contribution in [0.5, 0.6) is 0 Å². The molecule has 0 aromatic heterocycles. The molecule has 0 fully saturated rings.